The number of hydrogen-bond acceptors (Lipinski definition) is 6. The number of nitrogens with one attached hydrogen (secondary N) is 1. The van der Waals surface area contributed by atoms with Crippen LogP contribution in [0.5, 0.6) is 0 Å². The normalized spacial score (nSPS) is 21.9. The fourth-order valence-electron chi connectivity index (χ4n) is 5.02. The maximum Gasteiger partial charge on any atom is 0.224 e. The standard InChI is InChI=1S/C25H34Cl2N4O2S/c1-24(2,3)34(33)30-25(12-11-17-19(25)9-8-10-20(17)26)15-21-18(16-32)22(29-23(27)28-21)31-13-6-4-5-7-14-31/h8-10,30,32H,4-7,11-16H2,1-3H3/t25-,34+/m0/s1. The Labute approximate surface area is 215 Å². The number of aliphatic hydroxyl groups is 1. The van der Waals surface area contributed by atoms with E-state index in [1.165, 1.54) is 12.8 Å². The summed E-state index contributed by atoms with van der Waals surface area (Å²) in [7, 11) is 0. The van der Waals surface area contributed by atoms with E-state index in [9.17, 15) is 9.66 Å². The summed E-state index contributed by atoms with van der Waals surface area (Å²) in [6.45, 7) is 7.45. The highest BCUT2D eigenvalue weighted by atomic mass is 35.5. The van der Waals surface area contributed by atoms with Crippen molar-refractivity contribution in [3.05, 3.63) is 50.9 Å². The average Bonchev–Trinajstić information content (AvgIpc) is 2.95. The topological polar surface area (TPSA) is 84.3 Å². The van der Waals surface area contributed by atoms with Crippen molar-refractivity contribution in [2.75, 3.05) is 18.0 Å². The van der Waals surface area contributed by atoms with Crippen LogP contribution in [0.25, 0.3) is 0 Å². The molecule has 0 amide bonds. The van der Waals surface area contributed by atoms with Crippen molar-refractivity contribution >= 4 is 40.4 Å². The Morgan fingerprint density at radius 1 is 1.15 bits per heavy atom. The molecule has 2 N–H and O–H groups in total. The first-order valence-corrected chi connectivity index (χ1v) is 13.9. The Kier molecular flexibility index (Phi) is 8.02. The number of halogens is 2. The number of aliphatic hydroxyl groups excluding tert-OH is 1. The van der Waals surface area contributed by atoms with Crippen LogP contribution >= 0.6 is 23.2 Å². The van der Waals surface area contributed by atoms with Crippen LogP contribution in [0.1, 0.15) is 75.3 Å². The van der Waals surface area contributed by atoms with Gasteiger partial charge in [0.2, 0.25) is 5.28 Å². The summed E-state index contributed by atoms with van der Waals surface area (Å²) in [5, 5.41) is 11.3. The Bertz CT molecular complexity index is 1020. The summed E-state index contributed by atoms with van der Waals surface area (Å²) in [6, 6.07) is 5.89. The minimum absolute atomic E-state index is 0.169. The molecule has 9 heteroatoms. The molecule has 0 unspecified atom stereocenters. The summed E-state index contributed by atoms with van der Waals surface area (Å²) >= 11 is 11.7. The second-order valence-electron chi connectivity index (χ2n) is 10.3. The first kappa shape index (κ1) is 26.0. The molecule has 34 heavy (non-hydrogen) atoms. The van der Waals surface area contributed by atoms with Crippen LogP contribution in [0.2, 0.25) is 10.3 Å². The summed E-state index contributed by atoms with van der Waals surface area (Å²) in [5.41, 5.74) is 2.85. The second-order valence-corrected chi connectivity index (χ2v) is 13.0. The lowest BCUT2D eigenvalue weighted by Crippen LogP contribution is -2.51. The molecule has 0 radical (unpaired) electrons. The maximum atomic E-state index is 13.3. The summed E-state index contributed by atoms with van der Waals surface area (Å²) in [4.78, 5) is 11.4. The molecule has 6 nitrogen and oxygen atoms in total. The zero-order valence-electron chi connectivity index (χ0n) is 20.2. The molecule has 0 saturated carbocycles. The van der Waals surface area contributed by atoms with Gasteiger partial charge in [0.25, 0.3) is 0 Å². The predicted molar refractivity (Wildman–Crippen MR) is 140 cm³/mol. The third-order valence-electron chi connectivity index (χ3n) is 6.86. The molecule has 4 rings (SSSR count). The highest BCUT2D eigenvalue weighted by Gasteiger charge is 2.46. The van der Waals surface area contributed by atoms with E-state index in [0.717, 1.165) is 60.7 Å². The van der Waals surface area contributed by atoms with Crippen LogP contribution in [-0.2, 0) is 36.3 Å². The molecule has 1 aromatic carbocycles. The number of benzene rings is 1. The summed E-state index contributed by atoms with van der Waals surface area (Å²) in [6.07, 6.45) is 6.49. The van der Waals surface area contributed by atoms with Gasteiger partial charge in [0.05, 0.1) is 17.8 Å². The molecule has 2 aromatic rings. The predicted octanol–water partition coefficient (Wildman–Crippen LogP) is 5.09. The molecule has 0 spiro atoms. The lowest BCUT2D eigenvalue weighted by molar-refractivity contribution is 0.277. The SMILES string of the molecule is CC(C)(C)[S@@+]([O-])N[C@]1(Cc2nc(Cl)nc(N3CCCCCC3)c2CO)CCc2c(Cl)cccc21. The van der Waals surface area contributed by atoms with Gasteiger partial charge in [0, 0.05) is 41.5 Å². The van der Waals surface area contributed by atoms with Crippen LogP contribution < -0.4 is 9.62 Å². The lowest BCUT2D eigenvalue weighted by Gasteiger charge is -2.36. The van der Waals surface area contributed by atoms with Crippen LogP contribution in [-0.4, -0.2) is 37.5 Å². The fraction of sp³-hybridized carbons (Fsp3) is 0.600. The van der Waals surface area contributed by atoms with E-state index in [2.05, 4.69) is 25.7 Å². The first-order valence-electron chi connectivity index (χ1n) is 12.0. The van der Waals surface area contributed by atoms with E-state index < -0.39 is 21.6 Å². The van der Waals surface area contributed by atoms with Gasteiger partial charge in [-0.2, -0.15) is 0 Å². The van der Waals surface area contributed by atoms with Gasteiger partial charge in [-0.1, -0.05) is 36.6 Å². The Hall–Kier alpha value is -1.09. The van der Waals surface area contributed by atoms with Crippen molar-refractivity contribution in [2.24, 2.45) is 0 Å². The molecule has 2 atom stereocenters. The largest absolute Gasteiger partial charge is 0.598 e. The minimum atomic E-state index is -1.32. The van der Waals surface area contributed by atoms with Crippen LogP contribution in [0.4, 0.5) is 5.82 Å². The van der Waals surface area contributed by atoms with E-state index in [4.69, 9.17) is 23.2 Å². The summed E-state index contributed by atoms with van der Waals surface area (Å²) in [5.74, 6) is 0.718. The number of anilines is 1. The summed E-state index contributed by atoms with van der Waals surface area (Å²) < 4.78 is 16.3. The van der Waals surface area contributed by atoms with Crippen molar-refractivity contribution in [1.29, 1.82) is 0 Å². The van der Waals surface area contributed by atoms with Gasteiger partial charge < -0.3 is 14.6 Å². The Morgan fingerprint density at radius 2 is 1.85 bits per heavy atom. The second kappa shape index (κ2) is 10.5. The van der Waals surface area contributed by atoms with E-state index in [1.807, 2.05) is 32.9 Å². The zero-order valence-corrected chi connectivity index (χ0v) is 22.5. The first-order chi connectivity index (χ1) is 16.1. The van der Waals surface area contributed by atoms with Crippen molar-refractivity contribution < 1.29 is 9.66 Å². The number of nitrogens with zero attached hydrogens (tertiary/aromatic N) is 3. The molecule has 1 fully saturated rings. The van der Waals surface area contributed by atoms with Crippen molar-refractivity contribution in [3.63, 3.8) is 0 Å². The molecule has 1 aliphatic carbocycles. The minimum Gasteiger partial charge on any atom is -0.598 e. The van der Waals surface area contributed by atoms with E-state index >= 15 is 0 Å². The monoisotopic (exact) mass is 524 g/mol. The molecule has 1 aliphatic heterocycles. The van der Waals surface area contributed by atoms with Crippen LogP contribution in [0.15, 0.2) is 18.2 Å². The van der Waals surface area contributed by atoms with Crippen molar-refractivity contribution in [3.8, 4) is 0 Å². The van der Waals surface area contributed by atoms with Crippen molar-refractivity contribution in [1.82, 2.24) is 14.7 Å². The molecule has 2 heterocycles. The molecule has 0 bridgehead atoms. The number of fused-ring (bicyclic) bond motifs is 1. The molecule has 186 valence electrons. The van der Waals surface area contributed by atoms with Crippen molar-refractivity contribution in [2.45, 2.75) is 82.6 Å². The number of aromatic nitrogens is 2. The van der Waals surface area contributed by atoms with E-state index in [1.54, 1.807) is 0 Å². The van der Waals surface area contributed by atoms with E-state index in [-0.39, 0.29) is 11.9 Å². The molecular formula is C25H34Cl2N4O2S. The van der Waals surface area contributed by atoms with Crippen LogP contribution in [0, 0.1) is 0 Å². The number of hydrogen-bond donors (Lipinski definition) is 2. The zero-order chi connectivity index (χ0) is 24.5. The van der Waals surface area contributed by atoms with Gasteiger partial charge in [-0.05, 0) is 75.2 Å². The molecule has 1 aromatic heterocycles. The average molecular weight is 526 g/mol. The Morgan fingerprint density at radius 3 is 2.50 bits per heavy atom. The van der Waals surface area contributed by atoms with Gasteiger partial charge in [-0.15, -0.1) is 4.72 Å². The van der Waals surface area contributed by atoms with E-state index in [0.29, 0.717) is 17.7 Å². The lowest BCUT2D eigenvalue weighted by atomic mass is 9.86. The quantitative estimate of drug-likeness (QED) is 0.404. The molecule has 2 aliphatic rings. The van der Waals surface area contributed by atoms with Gasteiger partial charge in [0.15, 0.2) is 0 Å². The smallest absolute Gasteiger partial charge is 0.224 e. The molecule has 1 saturated heterocycles. The maximum absolute atomic E-state index is 13.3. The van der Waals surface area contributed by atoms with Gasteiger partial charge >= 0.3 is 0 Å². The fourth-order valence-corrected chi connectivity index (χ4v) is 6.41. The van der Waals surface area contributed by atoms with Gasteiger partial charge in [-0.3, -0.25) is 0 Å². The Balaban J connectivity index is 1.79. The van der Waals surface area contributed by atoms with Gasteiger partial charge in [-0.25, -0.2) is 9.97 Å². The molecular weight excluding hydrogens is 491 g/mol. The highest BCUT2D eigenvalue weighted by molar-refractivity contribution is 7.90. The van der Waals surface area contributed by atoms with Gasteiger partial charge in [0.1, 0.15) is 10.6 Å². The third-order valence-corrected chi connectivity index (χ3v) is 9.07. The third kappa shape index (κ3) is 5.35. The number of rotatable bonds is 6. The highest BCUT2D eigenvalue weighted by Crippen LogP contribution is 2.44. The van der Waals surface area contributed by atoms with Crippen LogP contribution in [0.3, 0.4) is 0 Å².